The summed E-state index contributed by atoms with van der Waals surface area (Å²) in [6.45, 7) is 1.48. The molecule has 0 amide bonds. The van der Waals surface area contributed by atoms with Crippen LogP contribution in [0.15, 0.2) is 45.8 Å². The molecule has 1 unspecified atom stereocenters. The van der Waals surface area contributed by atoms with Crippen molar-refractivity contribution >= 4 is 16.8 Å². The van der Waals surface area contributed by atoms with Crippen LogP contribution in [0.3, 0.4) is 0 Å². The number of aromatic hydroxyl groups is 1. The maximum Gasteiger partial charge on any atom is 0.343 e. The second-order valence-corrected chi connectivity index (χ2v) is 5.65. The first kappa shape index (κ1) is 14.4. The summed E-state index contributed by atoms with van der Waals surface area (Å²) in [5, 5.41) is 10.9. The van der Waals surface area contributed by atoms with E-state index >= 15 is 0 Å². The zero-order chi connectivity index (χ0) is 15.7. The summed E-state index contributed by atoms with van der Waals surface area (Å²) in [4.78, 5) is 23.7. The van der Waals surface area contributed by atoms with E-state index in [4.69, 9.17) is 9.15 Å². The van der Waals surface area contributed by atoms with Crippen LogP contribution >= 0.6 is 0 Å². The molecule has 0 bridgehead atoms. The van der Waals surface area contributed by atoms with E-state index in [2.05, 4.69) is 0 Å². The predicted molar refractivity (Wildman–Crippen MR) is 80.7 cm³/mol. The van der Waals surface area contributed by atoms with Crippen LogP contribution in [0.25, 0.3) is 11.0 Å². The lowest BCUT2D eigenvalue weighted by atomic mass is 9.87. The van der Waals surface area contributed by atoms with Gasteiger partial charge in [0, 0.05) is 19.3 Å². The second kappa shape index (κ2) is 5.33. The number of para-hydroxylation sites is 1. The zero-order valence-corrected chi connectivity index (χ0v) is 12.2. The van der Waals surface area contributed by atoms with Crippen LogP contribution in [0, 0.1) is 0 Å². The molecule has 0 aliphatic carbocycles. The zero-order valence-electron chi connectivity index (χ0n) is 12.2. The van der Waals surface area contributed by atoms with E-state index in [1.807, 2.05) is 6.08 Å². The fourth-order valence-electron chi connectivity index (χ4n) is 2.90. The molecule has 1 aliphatic heterocycles. The predicted octanol–water partition coefficient (Wildman–Crippen LogP) is 2.69. The van der Waals surface area contributed by atoms with Gasteiger partial charge in [0.05, 0.1) is 17.2 Å². The highest BCUT2D eigenvalue weighted by Crippen LogP contribution is 2.35. The molecular weight excluding hydrogens is 284 g/mol. The molecule has 22 heavy (non-hydrogen) atoms. The molecule has 5 nitrogen and oxygen atoms in total. The van der Waals surface area contributed by atoms with E-state index < -0.39 is 11.2 Å². The molecule has 5 heteroatoms. The lowest BCUT2D eigenvalue weighted by Crippen LogP contribution is -2.35. The highest BCUT2D eigenvalue weighted by molar-refractivity contribution is 5.84. The Morgan fingerprint density at radius 3 is 2.82 bits per heavy atom. The summed E-state index contributed by atoms with van der Waals surface area (Å²) in [6.07, 6.45) is 4.15. The van der Waals surface area contributed by atoms with Crippen molar-refractivity contribution in [1.82, 2.24) is 0 Å². The molecule has 0 spiro atoms. The average molecular weight is 300 g/mol. The first-order chi connectivity index (χ1) is 10.5. The monoisotopic (exact) mass is 300 g/mol. The van der Waals surface area contributed by atoms with Crippen LogP contribution in [0.1, 0.15) is 25.3 Å². The molecule has 0 saturated heterocycles. The normalized spacial score (nSPS) is 20.2. The number of fused-ring (bicyclic) bond motifs is 1. The van der Waals surface area contributed by atoms with Gasteiger partial charge in [0.2, 0.25) is 0 Å². The van der Waals surface area contributed by atoms with Gasteiger partial charge in [0.25, 0.3) is 0 Å². The summed E-state index contributed by atoms with van der Waals surface area (Å²) < 4.78 is 10.8. The quantitative estimate of drug-likeness (QED) is 0.878. The first-order valence-corrected chi connectivity index (χ1v) is 7.07. The average Bonchev–Trinajstić information content (AvgIpc) is 2.91. The molecular formula is C17H16O5. The third-order valence-electron chi connectivity index (χ3n) is 3.85. The lowest BCUT2D eigenvalue weighted by molar-refractivity contribution is -0.121. The Bertz CT molecular complexity index is 807. The molecule has 1 N–H and O–H groups in total. The van der Waals surface area contributed by atoms with E-state index in [0.717, 1.165) is 0 Å². The smallest absolute Gasteiger partial charge is 0.343 e. The molecule has 3 rings (SSSR count). The minimum absolute atomic E-state index is 0.0339. The number of ether oxygens (including phenoxy) is 1. The highest BCUT2D eigenvalue weighted by atomic mass is 16.5. The van der Waals surface area contributed by atoms with Gasteiger partial charge < -0.3 is 14.3 Å². The molecule has 2 aromatic rings. The number of Topliss-reactive ketones (excluding diaryl/α,β-unsaturated/α-hetero) is 1. The van der Waals surface area contributed by atoms with Gasteiger partial charge in [-0.2, -0.15) is 0 Å². The van der Waals surface area contributed by atoms with Crippen molar-refractivity contribution in [1.29, 1.82) is 0 Å². The molecule has 1 aromatic heterocycles. The van der Waals surface area contributed by atoms with Crippen molar-refractivity contribution < 1.29 is 19.1 Å². The number of hydrogen-bond acceptors (Lipinski definition) is 5. The molecule has 0 radical (unpaired) electrons. The Morgan fingerprint density at radius 1 is 1.36 bits per heavy atom. The van der Waals surface area contributed by atoms with Crippen molar-refractivity contribution in [2.45, 2.75) is 31.8 Å². The number of ketones is 1. The van der Waals surface area contributed by atoms with Gasteiger partial charge in [-0.3, -0.25) is 4.79 Å². The summed E-state index contributed by atoms with van der Waals surface area (Å²) >= 11 is 0. The summed E-state index contributed by atoms with van der Waals surface area (Å²) in [6, 6.07) is 6.79. The Balaban J connectivity index is 2.06. The topological polar surface area (TPSA) is 76.7 Å². The van der Waals surface area contributed by atoms with Crippen LogP contribution < -0.4 is 5.63 Å². The first-order valence-electron chi connectivity index (χ1n) is 7.07. The second-order valence-electron chi connectivity index (χ2n) is 5.65. The van der Waals surface area contributed by atoms with Gasteiger partial charge in [-0.1, -0.05) is 12.1 Å². The van der Waals surface area contributed by atoms with E-state index in [1.54, 1.807) is 24.3 Å². The van der Waals surface area contributed by atoms with Crippen molar-refractivity contribution in [3.8, 4) is 5.75 Å². The van der Waals surface area contributed by atoms with Crippen molar-refractivity contribution in [2.24, 2.45) is 0 Å². The molecule has 114 valence electrons. The molecule has 0 fully saturated rings. The Morgan fingerprint density at radius 2 is 2.14 bits per heavy atom. The van der Waals surface area contributed by atoms with Crippen LogP contribution in [-0.2, 0) is 16.0 Å². The minimum atomic E-state index is -0.819. The number of rotatable bonds is 4. The van der Waals surface area contributed by atoms with Gasteiger partial charge in [0.1, 0.15) is 22.7 Å². The SMILES string of the molecule is CC(=O)CC1(Cc2c(O)c3ccccc3oc2=O)CC=CO1. The van der Waals surface area contributed by atoms with Crippen LogP contribution in [-0.4, -0.2) is 16.5 Å². The summed E-state index contributed by atoms with van der Waals surface area (Å²) in [7, 11) is 0. The largest absolute Gasteiger partial charge is 0.507 e. The maximum absolute atomic E-state index is 12.2. The number of hydrogen-bond donors (Lipinski definition) is 1. The van der Waals surface area contributed by atoms with E-state index in [-0.39, 0.29) is 29.9 Å². The number of benzene rings is 1. The van der Waals surface area contributed by atoms with Gasteiger partial charge >= 0.3 is 5.63 Å². The van der Waals surface area contributed by atoms with E-state index in [1.165, 1.54) is 13.2 Å². The standard InChI is InChI=1S/C17H16O5/c1-11(18)9-17(7-4-8-21-17)10-13-15(19)12-5-2-3-6-14(12)22-16(13)20/h2-6,8,19H,7,9-10H2,1H3. The van der Waals surface area contributed by atoms with Crippen LogP contribution in [0.5, 0.6) is 5.75 Å². The minimum Gasteiger partial charge on any atom is -0.507 e. The lowest BCUT2D eigenvalue weighted by Gasteiger charge is -2.27. The summed E-state index contributed by atoms with van der Waals surface area (Å²) in [5.74, 6) is -0.140. The molecule has 2 heterocycles. The third-order valence-corrected chi connectivity index (χ3v) is 3.85. The Labute approximate surface area is 126 Å². The Hall–Kier alpha value is -2.56. The highest BCUT2D eigenvalue weighted by Gasteiger charge is 2.37. The van der Waals surface area contributed by atoms with Crippen LogP contribution in [0.2, 0.25) is 0 Å². The molecule has 1 aliphatic rings. The Kier molecular flexibility index (Phi) is 3.48. The molecule has 0 saturated carbocycles. The van der Waals surface area contributed by atoms with Gasteiger partial charge in [-0.15, -0.1) is 0 Å². The van der Waals surface area contributed by atoms with Crippen LogP contribution in [0.4, 0.5) is 0 Å². The van der Waals surface area contributed by atoms with E-state index in [0.29, 0.717) is 17.4 Å². The fourth-order valence-corrected chi connectivity index (χ4v) is 2.90. The summed E-state index contributed by atoms with van der Waals surface area (Å²) in [5.41, 5.74) is -0.946. The van der Waals surface area contributed by atoms with Gasteiger partial charge in [-0.05, 0) is 25.1 Å². The van der Waals surface area contributed by atoms with Gasteiger partial charge in [-0.25, -0.2) is 4.79 Å². The van der Waals surface area contributed by atoms with Gasteiger partial charge in [0.15, 0.2) is 0 Å². The molecule has 1 aromatic carbocycles. The fraction of sp³-hybridized carbons (Fsp3) is 0.294. The number of carbonyl (C=O) groups is 1. The molecule has 1 atom stereocenters. The third kappa shape index (κ3) is 2.50. The van der Waals surface area contributed by atoms with E-state index in [9.17, 15) is 14.7 Å². The van der Waals surface area contributed by atoms with Crippen molar-refractivity contribution in [3.63, 3.8) is 0 Å². The maximum atomic E-state index is 12.2. The van der Waals surface area contributed by atoms with Crippen molar-refractivity contribution in [3.05, 3.63) is 52.6 Å². The number of carbonyl (C=O) groups excluding carboxylic acids is 1. The van der Waals surface area contributed by atoms with Crippen molar-refractivity contribution in [2.75, 3.05) is 0 Å².